The number of nitrogens with one attached hydrogen (secondary N) is 1. The lowest BCUT2D eigenvalue weighted by atomic mass is 10.2. The number of carbonyl (C=O) groups excluding carboxylic acids is 1. The summed E-state index contributed by atoms with van der Waals surface area (Å²) >= 11 is 0. The lowest BCUT2D eigenvalue weighted by molar-refractivity contribution is -0.116. The molecule has 0 radical (unpaired) electrons. The van der Waals surface area contributed by atoms with Gasteiger partial charge in [0.05, 0.1) is 0 Å². The monoisotopic (exact) mass is 306 g/mol. The maximum atomic E-state index is 13.3. The Balaban J connectivity index is 0.00000220. The van der Waals surface area contributed by atoms with Crippen molar-refractivity contribution in [3.63, 3.8) is 0 Å². The Hall–Kier alpha value is -2.20. The lowest BCUT2D eigenvalue weighted by Gasteiger charge is -2.02. The molecule has 0 aliphatic heterocycles. The van der Waals surface area contributed by atoms with E-state index in [0.717, 1.165) is 5.56 Å². The maximum Gasteiger partial charge on any atom is 0.244 e. The second-order valence-electron chi connectivity index (χ2n) is 4.26. The van der Waals surface area contributed by atoms with Gasteiger partial charge in [-0.2, -0.15) is 0 Å². The molecule has 3 nitrogen and oxygen atoms in total. The van der Waals surface area contributed by atoms with Gasteiger partial charge in [-0.05, 0) is 30.2 Å². The van der Waals surface area contributed by atoms with Crippen molar-refractivity contribution >= 4 is 24.4 Å². The highest BCUT2D eigenvalue weighted by Gasteiger charge is 1.99. The van der Waals surface area contributed by atoms with Crippen LogP contribution >= 0.6 is 12.4 Å². The molecule has 0 fully saturated rings. The van der Waals surface area contributed by atoms with E-state index in [1.807, 2.05) is 12.1 Å². The Labute approximate surface area is 129 Å². The van der Waals surface area contributed by atoms with Crippen molar-refractivity contribution in [1.82, 2.24) is 10.3 Å². The van der Waals surface area contributed by atoms with Crippen LogP contribution in [0, 0.1) is 5.82 Å². The fourth-order valence-corrected chi connectivity index (χ4v) is 1.71. The number of halogens is 2. The van der Waals surface area contributed by atoms with E-state index < -0.39 is 0 Å². The first kappa shape index (κ1) is 16.9. The number of rotatable bonds is 5. The smallest absolute Gasteiger partial charge is 0.244 e. The number of pyridine rings is 1. The average Bonchev–Trinajstić information content (AvgIpc) is 2.47. The highest BCUT2D eigenvalue weighted by atomic mass is 35.5. The molecule has 2 rings (SSSR count). The molecule has 1 aromatic carbocycles. The Bertz CT molecular complexity index is 602. The van der Waals surface area contributed by atoms with Crippen LogP contribution in [-0.2, 0) is 11.2 Å². The Morgan fingerprint density at radius 1 is 1.24 bits per heavy atom. The van der Waals surface area contributed by atoms with Crippen molar-refractivity contribution in [3.8, 4) is 0 Å². The van der Waals surface area contributed by atoms with Crippen LogP contribution in [0.4, 0.5) is 4.39 Å². The van der Waals surface area contributed by atoms with E-state index in [2.05, 4.69) is 10.3 Å². The normalized spacial score (nSPS) is 10.1. The summed E-state index contributed by atoms with van der Waals surface area (Å²) in [5.41, 5.74) is 1.46. The second-order valence-corrected chi connectivity index (χ2v) is 4.26. The summed E-state index contributed by atoms with van der Waals surface area (Å²) in [6, 6.07) is 10.1. The number of amides is 1. The molecule has 1 heterocycles. The first-order valence-electron chi connectivity index (χ1n) is 6.35. The van der Waals surface area contributed by atoms with E-state index in [-0.39, 0.29) is 24.1 Å². The van der Waals surface area contributed by atoms with E-state index in [4.69, 9.17) is 0 Å². The summed E-state index contributed by atoms with van der Waals surface area (Å²) < 4.78 is 13.3. The number of carbonyl (C=O) groups is 1. The predicted molar refractivity (Wildman–Crippen MR) is 83.6 cm³/mol. The van der Waals surface area contributed by atoms with Gasteiger partial charge in [0.2, 0.25) is 5.91 Å². The van der Waals surface area contributed by atoms with Crippen molar-refractivity contribution in [1.29, 1.82) is 0 Å². The molecule has 0 unspecified atom stereocenters. The van der Waals surface area contributed by atoms with Crippen molar-refractivity contribution in [2.75, 3.05) is 6.54 Å². The Kier molecular flexibility index (Phi) is 7.12. The van der Waals surface area contributed by atoms with Crippen LogP contribution in [-0.4, -0.2) is 17.4 Å². The molecule has 110 valence electrons. The minimum atomic E-state index is -0.341. The van der Waals surface area contributed by atoms with Gasteiger partial charge in [0.25, 0.3) is 0 Å². The number of aromatic nitrogens is 1. The maximum absolute atomic E-state index is 13.3. The molecule has 0 atom stereocenters. The summed E-state index contributed by atoms with van der Waals surface area (Å²) in [6.07, 6.45) is 6.99. The minimum Gasteiger partial charge on any atom is -0.352 e. The van der Waals surface area contributed by atoms with Gasteiger partial charge in [-0.1, -0.05) is 24.3 Å². The Morgan fingerprint density at radius 3 is 2.76 bits per heavy atom. The average molecular weight is 307 g/mol. The molecule has 1 N–H and O–H groups in total. The van der Waals surface area contributed by atoms with Gasteiger partial charge in [0.1, 0.15) is 5.82 Å². The van der Waals surface area contributed by atoms with Crippen molar-refractivity contribution < 1.29 is 9.18 Å². The summed E-state index contributed by atoms with van der Waals surface area (Å²) in [7, 11) is 0. The third kappa shape index (κ3) is 5.75. The highest BCUT2D eigenvalue weighted by Crippen LogP contribution is 2.07. The topological polar surface area (TPSA) is 42.0 Å². The lowest BCUT2D eigenvalue weighted by Crippen LogP contribution is -2.23. The molecular weight excluding hydrogens is 291 g/mol. The van der Waals surface area contributed by atoms with Gasteiger partial charge < -0.3 is 5.32 Å². The van der Waals surface area contributed by atoms with E-state index in [1.54, 1.807) is 30.6 Å². The van der Waals surface area contributed by atoms with Gasteiger partial charge in [-0.3, -0.25) is 9.78 Å². The van der Waals surface area contributed by atoms with Crippen LogP contribution in [0.2, 0.25) is 0 Å². The zero-order valence-corrected chi connectivity index (χ0v) is 12.1. The van der Waals surface area contributed by atoms with E-state index in [9.17, 15) is 9.18 Å². The number of hydrogen-bond acceptors (Lipinski definition) is 2. The molecule has 0 aliphatic rings. The quantitative estimate of drug-likeness (QED) is 0.863. The molecule has 21 heavy (non-hydrogen) atoms. The number of benzene rings is 1. The molecule has 0 spiro atoms. The van der Waals surface area contributed by atoms with Gasteiger partial charge in [-0.25, -0.2) is 4.39 Å². The Morgan fingerprint density at radius 2 is 2.05 bits per heavy atom. The van der Waals surface area contributed by atoms with Crippen LogP contribution < -0.4 is 5.32 Å². The molecule has 2 aromatic rings. The molecule has 1 amide bonds. The first-order valence-corrected chi connectivity index (χ1v) is 6.35. The van der Waals surface area contributed by atoms with E-state index in [1.165, 1.54) is 18.2 Å². The molecule has 0 aliphatic carbocycles. The molecule has 0 bridgehead atoms. The van der Waals surface area contributed by atoms with Crippen LogP contribution in [0.1, 0.15) is 11.1 Å². The fourth-order valence-electron chi connectivity index (χ4n) is 1.71. The third-order valence-corrected chi connectivity index (χ3v) is 2.76. The molecule has 0 saturated carbocycles. The molecule has 5 heteroatoms. The second kappa shape index (κ2) is 8.87. The standard InChI is InChI=1S/C16H15FN2O.ClH/c17-15-6-2-1-5-14(15)7-8-16(20)19-11-9-13-4-3-10-18-12-13;/h1-8,10,12H,9,11H2,(H,19,20);1H/b8-7+;. The zero-order chi connectivity index (χ0) is 14.2. The van der Waals surface area contributed by atoms with Crippen molar-refractivity contribution in [2.24, 2.45) is 0 Å². The molecular formula is C16H16ClFN2O. The fraction of sp³-hybridized carbons (Fsp3) is 0.125. The third-order valence-electron chi connectivity index (χ3n) is 2.76. The van der Waals surface area contributed by atoms with E-state index >= 15 is 0 Å². The summed E-state index contributed by atoms with van der Waals surface area (Å²) in [5, 5.41) is 2.74. The van der Waals surface area contributed by atoms with Gasteiger partial charge >= 0.3 is 0 Å². The predicted octanol–water partition coefficient (Wildman–Crippen LogP) is 3.01. The summed E-state index contributed by atoms with van der Waals surface area (Å²) in [6.45, 7) is 0.520. The summed E-state index contributed by atoms with van der Waals surface area (Å²) in [5.74, 6) is -0.580. The van der Waals surface area contributed by atoms with Gasteiger partial charge in [0, 0.05) is 30.6 Å². The van der Waals surface area contributed by atoms with Crippen molar-refractivity contribution in [2.45, 2.75) is 6.42 Å². The van der Waals surface area contributed by atoms with E-state index in [0.29, 0.717) is 18.5 Å². The minimum absolute atomic E-state index is 0. The highest BCUT2D eigenvalue weighted by molar-refractivity contribution is 5.91. The molecule has 1 aromatic heterocycles. The van der Waals surface area contributed by atoms with Gasteiger partial charge in [-0.15, -0.1) is 12.4 Å². The number of hydrogen-bond donors (Lipinski definition) is 1. The van der Waals surface area contributed by atoms with Gasteiger partial charge in [0.15, 0.2) is 0 Å². The van der Waals surface area contributed by atoms with Crippen LogP contribution in [0.15, 0.2) is 54.9 Å². The number of nitrogens with zero attached hydrogens (tertiary/aromatic N) is 1. The van der Waals surface area contributed by atoms with Crippen molar-refractivity contribution in [3.05, 3.63) is 71.8 Å². The largest absolute Gasteiger partial charge is 0.352 e. The first-order chi connectivity index (χ1) is 9.75. The van der Waals surface area contributed by atoms with Crippen LogP contribution in [0.3, 0.4) is 0 Å². The zero-order valence-electron chi connectivity index (χ0n) is 11.3. The van der Waals surface area contributed by atoms with Crippen LogP contribution in [0.25, 0.3) is 6.08 Å². The summed E-state index contributed by atoms with van der Waals surface area (Å²) in [4.78, 5) is 15.6. The SMILES string of the molecule is Cl.O=C(/C=C/c1ccccc1F)NCCc1cccnc1. The molecule has 0 saturated heterocycles. The van der Waals surface area contributed by atoms with Crippen LogP contribution in [0.5, 0.6) is 0 Å².